The Balaban J connectivity index is 1.76. The normalized spacial score (nSPS) is 13.6. The van der Waals surface area contributed by atoms with E-state index in [1.165, 1.54) is 43.9 Å². The Morgan fingerprint density at radius 3 is 2.46 bits per heavy atom. The van der Waals surface area contributed by atoms with Crippen LogP contribution in [0.1, 0.15) is 23.1 Å². The smallest absolute Gasteiger partial charge is 0.241 e. The van der Waals surface area contributed by atoms with Crippen LogP contribution in [0.2, 0.25) is 0 Å². The predicted octanol–water partition coefficient (Wildman–Crippen LogP) is 2.67. The number of methoxy groups -OCH3 is 2. The van der Waals surface area contributed by atoms with Crippen LogP contribution in [-0.2, 0) is 29.4 Å². The molecule has 0 atom stereocenters. The number of hydrogen-bond donors (Lipinski definition) is 1. The summed E-state index contributed by atoms with van der Waals surface area (Å²) in [5.41, 5.74) is 3.68. The molecule has 0 spiro atoms. The van der Waals surface area contributed by atoms with Crippen LogP contribution in [0, 0.1) is 0 Å². The molecule has 5 nitrogen and oxygen atoms in total. The molecule has 0 bridgehead atoms. The summed E-state index contributed by atoms with van der Waals surface area (Å²) >= 11 is 0. The third-order valence-corrected chi connectivity index (χ3v) is 5.69. The lowest BCUT2D eigenvalue weighted by Gasteiger charge is -2.11. The summed E-state index contributed by atoms with van der Waals surface area (Å²) < 4.78 is 38.0. The van der Waals surface area contributed by atoms with Crippen molar-refractivity contribution in [3.8, 4) is 11.5 Å². The van der Waals surface area contributed by atoms with Crippen molar-refractivity contribution in [2.75, 3.05) is 14.2 Å². The first kappa shape index (κ1) is 16.8. The highest BCUT2D eigenvalue weighted by Crippen LogP contribution is 2.29. The molecule has 0 radical (unpaired) electrons. The van der Waals surface area contributed by atoms with E-state index in [4.69, 9.17) is 9.47 Å². The van der Waals surface area contributed by atoms with E-state index in [2.05, 4.69) is 16.9 Å². The lowest BCUT2D eigenvalue weighted by atomic mass is 10.1. The van der Waals surface area contributed by atoms with Gasteiger partial charge in [0.25, 0.3) is 0 Å². The van der Waals surface area contributed by atoms with Crippen LogP contribution < -0.4 is 14.2 Å². The largest absolute Gasteiger partial charge is 0.493 e. The van der Waals surface area contributed by atoms with E-state index in [0.29, 0.717) is 11.5 Å². The average Bonchev–Trinajstić information content (AvgIpc) is 3.07. The predicted molar refractivity (Wildman–Crippen MR) is 92.0 cm³/mol. The Kier molecular flexibility index (Phi) is 4.78. The molecular formula is C18H21NO4S. The van der Waals surface area contributed by atoms with Crippen LogP contribution in [0.5, 0.6) is 11.5 Å². The van der Waals surface area contributed by atoms with Gasteiger partial charge in [0.1, 0.15) is 0 Å². The molecule has 0 fully saturated rings. The lowest BCUT2D eigenvalue weighted by molar-refractivity contribution is 0.354. The molecule has 1 N–H and O–H groups in total. The summed E-state index contributed by atoms with van der Waals surface area (Å²) in [6.45, 7) is 0.268. The summed E-state index contributed by atoms with van der Waals surface area (Å²) in [7, 11) is -0.625. The molecule has 1 aliphatic rings. The van der Waals surface area contributed by atoms with Gasteiger partial charge in [-0.25, -0.2) is 13.1 Å². The van der Waals surface area contributed by atoms with E-state index in [-0.39, 0.29) is 11.4 Å². The number of sulfonamides is 1. The molecule has 2 aromatic carbocycles. The van der Waals surface area contributed by atoms with Crippen LogP contribution in [0.15, 0.2) is 41.3 Å². The highest BCUT2D eigenvalue weighted by atomic mass is 32.2. The van der Waals surface area contributed by atoms with Gasteiger partial charge >= 0.3 is 0 Å². The van der Waals surface area contributed by atoms with Gasteiger partial charge in [0.15, 0.2) is 11.5 Å². The zero-order chi connectivity index (χ0) is 17.2. The number of ether oxygens (including phenoxy) is 2. The van der Waals surface area contributed by atoms with Gasteiger partial charge in [-0.05, 0) is 48.1 Å². The molecule has 6 heteroatoms. The number of aryl methyl sites for hydroxylation is 2. The molecule has 0 heterocycles. The topological polar surface area (TPSA) is 64.6 Å². The molecule has 0 aliphatic heterocycles. The third-order valence-electron chi connectivity index (χ3n) is 4.29. The van der Waals surface area contributed by atoms with Gasteiger partial charge in [-0.15, -0.1) is 0 Å². The molecule has 0 amide bonds. The van der Waals surface area contributed by atoms with Gasteiger partial charge in [-0.3, -0.25) is 0 Å². The van der Waals surface area contributed by atoms with Crippen molar-refractivity contribution in [1.29, 1.82) is 0 Å². The minimum absolute atomic E-state index is 0.154. The molecule has 2 aromatic rings. The highest BCUT2D eigenvalue weighted by molar-refractivity contribution is 7.89. The number of fused-ring (bicyclic) bond motifs is 1. The second-order valence-corrected chi connectivity index (χ2v) is 7.56. The maximum Gasteiger partial charge on any atom is 0.241 e. The fraction of sp³-hybridized carbons (Fsp3) is 0.333. The van der Waals surface area contributed by atoms with Gasteiger partial charge in [0, 0.05) is 12.6 Å². The van der Waals surface area contributed by atoms with E-state index in [1.807, 2.05) is 6.07 Å². The molecule has 0 aromatic heterocycles. The Labute approximate surface area is 142 Å². The van der Waals surface area contributed by atoms with Gasteiger partial charge in [0.2, 0.25) is 10.0 Å². The zero-order valence-electron chi connectivity index (χ0n) is 13.8. The van der Waals surface area contributed by atoms with E-state index >= 15 is 0 Å². The number of nitrogens with one attached hydrogen (secondary N) is 1. The van der Waals surface area contributed by atoms with Gasteiger partial charge in [0.05, 0.1) is 19.1 Å². The van der Waals surface area contributed by atoms with Gasteiger partial charge < -0.3 is 9.47 Å². The maximum absolute atomic E-state index is 12.5. The Hall–Kier alpha value is -2.05. The first-order chi connectivity index (χ1) is 11.5. The first-order valence-electron chi connectivity index (χ1n) is 7.86. The number of hydrogen-bond acceptors (Lipinski definition) is 4. The summed E-state index contributed by atoms with van der Waals surface area (Å²) in [5.74, 6) is 0.882. The quantitative estimate of drug-likeness (QED) is 0.872. The average molecular weight is 347 g/mol. The van der Waals surface area contributed by atoms with Crippen molar-refractivity contribution in [2.24, 2.45) is 0 Å². The van der Waals surface area contributed by atoms with Crippen LogP contribution in [0.25, 0.3) is 0 Å². The minimum Gasteiger partial charge on any atom is -0.493 e. The van der Waals surface area contributed by atoms with Crippen molar-refractivity contribution >= 4 is 10.0 Å². The monoisotopic (exact) mass is 347 g/mol. The Morgan fingerprint density at radius 1 is 0.958 bits per heavy atom. The lowest BCUT2D eigenvalue weighted by Crippen LogP contribution is -2.23. The zero-order valence-corrected chi connectivity index (χ0v) is 14.7. The van der Waals surface area contributed by atoms with Crippen molar-refractivity contribution in [1.82, 2.24) is 4.72 Å². The standard InChI is InChI=1S/C18H21NO4S/c1-22-17-9-8-16(11-18(17)23-2)24(20,21)19-12-13-6-7-14-4-3-5-15(14)10-13/h6-11,19H,3-5,12H2,1-2H3. The van der Waals surface area contributed by atoms with Gasteiger partial charge in [-0.1, -0.05) is 18.2 Å². The van der Waals surface area contributed by atoms with Crippen molar-refractivity contribution in [3.05, 3.63) is 53.1 Å². The molecule has 3 rings (SSSR count). The maximum atomic E-state index is 12.5. The van der Waals surface area contributed by atoms with E-state index in [0.717, 1.165) is 18.4 Å². The summed E-state index contributed by atoms with van der Waals surface area (Å²) in [4.78, 5) is 0.154. The van der Waals surface area contributed by atoms with Gasteiger partial charge in [-0.2, -0.15) is 0 Å². The third kappa shape index (κ3) is 3.39. The molecule has 1 aliphatic carbocycles. The van der Waals surface area contributed by atoms with Crippen molar-refractivity contribution in [2.45, 2.75) is 30.7 Å². The fourth-order valence-corrected chi connectivity index (χ4v) is 4.01. The Bertz CT molecular complexity index is 846. The highest BCUT2D eigenvalue weighted by Gasteiger charge is 2.17. The number of rotatable bonds is 6. The SMILES string of the molecule is COc1ccc(S(=O)(=O)NCc2ccc3c(c2)CCC3)cc1OC. The second-order valence-electron chi connectivity index (χ2n) is 5.80. The molecule has 0 saturated heterocycles. The molecule has 0 unspecified atom stereocenters. The van der Waals surface area contributed by atoms with Crippen LogP contribution >= 0.6 is 0 Å². The first-order valence-corrected chi connectivity index (χ1v) is 9.34. The summed E-state index contributed by atoms with van der Waals surface area (Å²) in [6, 6.07) is 10.7. The molecule has 24 heavy (non-hydrogen) atoms. The minimum atomic E-state index is -3.62. The fourth-order valence-electron chi connectivity index (χ4n) is 2.98. The van der Waals surface area contributed by atoms with Crippen molar-refractivity contribution in [3.63, 3.8) is 0 Å². The Morgan fingerprint density at radius 2 is 1.71 bits per heavy atom. The molecule has 0 saturated carbocycles. The van der Waals surface area contributed by atoms with E-state index < -0.39 is 10.0 Å². The number of benzene rings is 2. The van der Waals surface area contributed by atoms with Crippen LogP contribution in [-0.4, -0.2) is 22.6 Å². The van der Waals surface area contributed by atoms with E-state index in [1.54, 1.807) is 6.07 Å². The van der Waals surface area contributed by atoms with E-state index in [9.17, 15) is 8.42 Å². The molecule has 128 valence electrons. The van der Waals surface area contributed by atoms with Crippen molar-refractivity contribution < 1.29 is 17.9 Å². The van der Waals surface area contributed by atoms with Crippen LogP contribution in [0.4, 0.5) is 0 Å². The summed E-state index contributed by atoms with van der Waals surface area (Å²) in [6.07, 6.45) is 3.37. The van der Waals surface area contributed by atoms with Crippen LogP contribution in [0.3, 0.4) is 0 Å². The summed E-state index contributed by atoms with van der Waals surface area (Å²) in [5, 5.41) is 0. The molecular weight excluding hydrogens is 326 g/mol. The second kappa shape index (κ2) is 6.83.